The van der Waals surface area contributed by atoms with Gasteiger partial charge >= 0.3 is 0 Å². The highest BCUT2D eigenvalue weighted by molar-refractivity contribution is 5.31. The van der Waals surface area contributed by atoms with Crippen molar-refractivity contribution in [2.75, 3.05) is 0 Å². The van der Waals surface area contributed by atoms with Gasteiger partial charge < -0.3 is 5.73 Å². The molecule has 0 fully saturated rings. The van der Waals surface area contributed by atoms with E-state index in [-0.39, 0.29) is 6.04 Å². The van der Waals surface area contributed by atoms with Crippen molar-refractivity contribution in [3.05, 3.63) is 65.5 Å². The number of aromatic nitrogens is 1. The molecule has 2 nitrogen and oxygen atoms in total. The predicted octanol–water partition coefficient (Wildman–Crippen LogP) is 2.44. The molecule has 0 amide bonds. The van der Waals surface area contributed by atoms with Gasteiger partial charge in [-0.3, -0.25) is 4.98 Å². The molecule has 0 radical (unpaired) electrons. The molecule has 1 atom stereocenters. The summed E-state index contributed by atoms with van der Waals surface area (Å²) in [5, 5.41) is 0. The van der Waals surface area contributed by atoms with Gasteiger partial charge in [-0.15, -0.1) is 0 Å². The molecule has 0 bridgehead atoms. The summed E-state index contributed by atoms with van der Waals surface area (Å²) < 4.78 is 0. The third-order valence-corrected chi connectivity index (χ3v) is 2.48. The first-order valence-corrected chi connectivity index (χ1v) is 4.99. The summed E-state index contributed by atoms with van der Waals surface area (Å²) in [6, 6.07) is 12.1. The second-order valence-electron chi connectivity index (χ2n) is 3.67. The van der Waals surface area contributed by atoms with E-state index in [2.05, 4.69) is 36.2 Å². The quantitative estimate of drug-likeness (QED) is 0.805. The molecule has 2 heteroatoms. The number of hydrogen-bond donors (Lipinski definition) is 1. The topological polar surface area (TPSA) is 38.9 Å². The highest BCUT2D eigenvalue weighted by Crippen LogP contribution is 2.18. The molecule has 0 spiro atoms. The molecular weight excluding hydrogens is 184 g/mol. The van der Waals surface area contributed by atoms with Crippen LogP contribution < -0.4 is 5.73 Å². The molecular formula is C13H14N2. The molecule has 2 aromatic rings. The van der Waals surface area contributed by atoms with Gasteiger partial charge in [-0.05, 0) is 24.1 Å². The van der Waals surface area contributed by atoms with Gasteiger partial charge in [-0.25, -0.2) is 0 Å². The summed E-state index contributed by atoms with van der Waals surface area (Å²) in [6.07, 6.45) is 3.57. The van der Waals surface area contributed by atoms with Crippen LogP contribution in [0.1, 0.15) is 22.7 Å². The van der Waals surface area contributed by atoms with Crippen LogP contribution in [0.3, 0.4) is 0 Å². The van der Waals surface area contributed by atoms with E-state index in [1.807, 2.05) is 18.3 Å². The number of nitrogens with zero attached hydrogens (tertiary/aromatic N) is 1. The molecule has 1 aromatic carbocycles. The van der Waals surface area contributed by atoms with Gasteiger partial charge in [-0.1, -0.05) is 35.9 Å². The third kappa shape index (κ3) is 2.22. The first-order chi connectivity index (χ1) is 7.27. The smallest absolute Gasteiger partial charge is 0.0566 e. The minimum atomic E-state index is -0.0840. The average molecular weight is 198 g/mol. The minimum Gasteiger partial charge on any atom is -0.320 e. The molecule has 2 rings (SSSR count). The van der Waals surface area contributed by atoms with E-state index in [0.717, 1.165) is 11.1 Å². The maximum atomic E-state index is 6.13. The molecule has 15 heavy (non-hydrogen) atoms. The van der Waals surface area contributed by atoms with Gasteiger partial charge in [0.05, 0.1) is 6.04 Å². The van der Waals surface area contributed by atoms with Crippen LogP contribution in [0.5, 0.6) is 0 Å². The molecule has 0 aliphatic rings. The number of hydrogen-bond acceptors (Lipinski definition) is 2. The number of aryl methyl sites for hydroxylation is 1. The van der Waals surface area contributed by atoms with Crippen molar-refractivity contribution in [1.82, 2.24) is 4.98 Å². The van der Waals surface area contributed by atoms with Crippen LogP contribution in [-0.2, 0) is 0 Å². The molecule has 76 valence electrons. The Kier molecular flexibility index (Phi) is 2.79. The molecule has 0 aliphatic heterocycles. The molecule has 0 aliphatic carbocycles. The highest BCUT2D eigenvalue weighted by atomic mass is 14.7. The SMILES string of the molecule is Cc1ccc([C@@H](N)c2cccnc2)cc1. The van der Waals surface area contributed by atoms with E-state index in [1.165, 1.54) is 5.56 Å². The number of rotatable bonds is 2. The summed E-state index contributed by atoms with van der Waals surface area (Å²) in [5.74, 6) is 0. The first-order valence-electron chi connectivity index (χ1n) is 4.99. The molecule has 2 N–H and O–H groups in total. The van der Waals surface area contributed by atoms with Crippen molar-refractivity contribution in [3.63, 3.8) is 0 Å². The fourth-order valence-electron chi connectivity index (χ4n) is 1.53. The molecule has 1 heterocycles. The Morgan fingerprint density at radius 2 is 1.80 bits per heavy atom. The molecule has 0 unspecified atom stereocenters. The van der Waals surface area contributed by atoms with Crippen LogP contribution in [0.2, 0.25) is 0 Å². The lowest BCUT2D eigenvalue weighted by atomic mass is 10.0. The van der Waals surface area contributed by atoms with Crippen LogP contribution >= 0.6 is 0 Å². The van der Waals surface area contributed by atoms with Crippen LogP contribution in [0, 0.1) is 6.92 Å². The normalized spacial score (nSPS) is 12.4. The van der Waals surface area contributed by atoms with Crippen LogP contribution in [0.15, 0.2) is 48.8 Å². The fraction of sp³-hybridized carbons (Fsp3) is 0.154. The lowest BCUT2D eigenvalue weighted by Crippen LogP contribution is -2.11. The Bertz CT molecular complexity index is 420. The lowest BCUT2D eigenvalue weighted by molar-refractivity contribution is 0.862. The summed E-state index contributed by atoms with van der Waals surface area (Å²) in [7, 11) is 0. The van der Waals surface area contributed by atoms with E-state index in [9.17, 15) is 0 Å². The van der Waals surface area contributed by atoms with E-state index in [1.54, 1.807) is 6.20 Å². The van der Waals surface area contributed by atoms with Crippen molar-refractivity contribution in [2.24, 2.45) is 5.73 Å². The monoisotopic (exact) mass is 198 g/mol. The van der Waals surface area contributed by atoms with E-state index >= 15 is 0 Å². The van der Waals surface area contributed by atoms with Gasteiger partial charge in [0.25, 0.3) is 0 Å². The van der Waals surface area contributed by atoms with Crippen LogP contribution in [0.25, 0.3) is 0 Å². The average Bonchev–Trinajstić information content (AvgIpc) is 2.30. The summed E-state index contributed by atoms with van der Waals surface area (Å²) in [4.78, 5) is 4.07. The summed E-state index contributed by atoms with van der Waals surface area (Å²) >= 11 is 0. The van der Waals surface area contributed by atoms with E-state index in [4.69, 9.17) is 5.73 Å². The van der Waals surface area contributed by atoms with E-state index < -0.39 is 0 Å². The zero-order chi connectivity index (χ0) is 10.7. The Balaban J connectivity index is 2.29. The van der Waals surface area contributed by atoms with Crippen molar-refractivity contribution in [1.29, 1.82) is 0 Å². The van der Waals surface area contributed by atoms with Crippen LogP contribution in [0.4, 0.5) is 0 Å². The number of nitrogens with two attached hydrogens (primary N) is 1. The Morgan fingerprint density at radius 3 is 2.40 bits per heavy atom. The Morgan fingerprint density at radius 1 is 1.07 bits per heavy atom. The maximum absolute atomic E-state index is 6.13. The zero-order valence-corrected chi connectivity index (χ0v) is 8.72. The maximum Gasteiger partial charge on any atom is 0.0566 e. The molecule has 0 saturated heterocycles. The van der Waals surface area contributed by atoms with Crippen molar-refractivity contribution in [3.8, 4) is 0 Å². The predicted molar refractivity (Wildman–Crippen MR) is 61.4 cm³/mol. The lowest BCUT2D eigenvalue weighted by Gasteiger charge is -2.11. The Labute approximate surface area is 89.8 Å². The second-order valence-corrected chi connectivity index (χ2v) is 3.67. The fourth-order valence-corrected chi connectivity index (χ4v) is 1.53. The first kappa shape index (κ1) is 9.87. The standard InChI is InChI=1S/C13H14N2/c1-10-4-6-11(7-5-10)13(14)12-3-2-8-15-9-12/h2-9,13H,14H2,1H3/t13-/m1/s1. The summed E-state index contributed by atoms with van der Waals surface area (Å²) in [5.41, 5.74) is 9.54. The summed E-state index contributed by atoms with van der Waals surface area (Å²) in [6.45, 7) is 2.07. The van der Waals surface area contributed by atoms with Gasteiger partial charge in [-0.2, -0.15) is 0 Å². The minimum absolute atomic E-state index is 0.0840. The van der Waals surface area contributed by atoms with Gasteiger partial charge in [0, 0.05) is 12.4 Å². The van der Waals surface area contributed by atoms with Crippen molar-refractivity contribution in [2.45, 2.75) is 13.0 Å². The number of benzene rings is 1. The van der Waals surface area contributed by atoms with Crippen molar-refractivity contribution < 1.29 is 0 Å². The van der Waals surface area contributed by atoms with Gasteiger partial charge in [0.1, 0.15) is 0 Å². The van der Waals surface area contributed by atoms with Gasteiger partial charge in [0.2, 0.25) is 0 Å². The number of pyridine rings is 1. The van der Waals surface area contributed by atoms with Gasteiger partial charge in [0.15, 0.2) is 0 Å². The zero-order valence-electron chi connectivity index (χ0n) is 8.72. The second kappa shape index (κ2) is 4.24. The third-order valence-electron chi connectivity index (χ3n) is 2.48. The molecule has 1 aromatic heterocycles. The largest absolute Gasteiger partial charge is 0.320 e. The molecule has 0 saturated carbocycles. The Hall–Kier alpha value is -1.67. The van der Waals surface area contributed by atoms with E-state index in [0.29, 0.717) is 0 Å². The highest BCUT2D eigenvalue weighted by Gasteiger charge is 2.07. The van der Waals surface area contributed by atoms with Crippen LogP contribution in [-0.4, -0.2) is 4.98 Å². The van der Waals surface area contributed by atoms with Crippen molar-refractivity contribution >= 4 is 0 Å².